The second kappa shape index (κ2) is 7.28. The van der Waals surface area contributed by atoms with E-state index in [0.29, 0.717) is 12.0 Å². The molecule has 0 aromatic heterocycles. The van der Waals surface area contributed by atoms with Gasteiger partial charge in [0.15, 0.2) is 0 Å². The Bertz CT molecular complexity index is 1170. The van der Waals surface area contributed by atoms with E-state index in [0.717, 1.165) is 28.2 Å². The van der Waals surface area contributed by atoms with E-state index < -0.39 is 5.97 Å². The fourth-order valence-corrected chi connectivity index (χ4v) is 3.33. The first-order valence-corrected chi connectivity index (χ1v) is 8.84. The fraction of sp³-hybridized carbons (Fsp3) is 0.0417. The zero-order valence-electron chi connectivity index (χ0n) is 15.0. The molecular formula is C24H16N2O2. The average molecular weight is 364 g/mol. The second-order valence-corrected chi connectivity index (χ2v) is 6.41. The SMILES string of the molecule is N#Cc1ccc2c(c1)CC=C=C(c1ccccc1)N2c1cccc(C(=O)O)c1. The average Bonchev–Trinajstić information content (AvgIpc) is 2.93. The van der Waals surface area contributed by atoms with E-state index in [1.807, 2.05) is 59.5 Å². The summed E-state index contributed by atoms with van der Waals surface area (Å²) in [5, 5.41) is 18.7. The number of aromatic carboxylic acids is 1. The molecule has 3 aromatic rings. The molecule has 0 fully saturated rings. The van der Waals surface area contributed by atoms with Crippen LogP contribution >= 0.6 is 0 Å². The van der Waals surface area contributed by atoms with Gasteiger partial charge in [-0.2, -0.15) is 5.26 Å². The van der Waals surface area contributed by atoms with Crippen LogP contribution in [0, 0.1) is 11.3 Å². The highest BCUT2D eigenvalue weighted by Crippen LogP contribution is 2.38. The van der Waals surface area contributed by atoms with E-state index in [1.165, 1.54) is 0 Å². The van der Waals surface area contributed by atoms with Crippen molar-refractivity contribution in [1.82, 2.24) is 0 Å². The van der Waals surface area contributed by atoms with Gasteiger partial charge in [0.1, 0.15) is 0 Å². The summed E-state index contributed by atoms with van der Waals surface area (Å²) in [5.74, 6) is -0.975. The summed E-state index contributed by atoms with van der Waals surface area (Å²) in [6, 6.07) is 24.4. The van der Waals surface area contributed by atoms with Crippen LogP contribution in [0.25, 0.3) is 5.70 Å². The summed E-state index contributed by atoms with van der Waals surface area (Å²) in [6.45, 7) is 0. The molecule has 4 rings (SSSR count). The van der Waals surface area contributed by atoms with Gasteiger partial charge in [-0.15, -0.1) is 0 Å². The van der Waals surface area contributed by atoms with Gasteiger partial charge in [-0.3, -0.25) is 0 Å². The third kappa shape index (κ3) is 3.19. The van der Waals surface area contributed by atoms with Gasteiger partial charge < -0.3 is 10.0 Å². The van der Waals surface area contributed by atoms with Crippen molar-refractivity contribution in [3.8, 4) is 6.07 Å². The predicted octanol–water partition coefficient (Wildman–Crippen LogP) is 5.15. The Labute approximate surface area is 162 Å². The summed E-state index contributed by atoms with van der Waals surface area (Å²) in [7, 11) is 0. The molecule has 0 radical (unpaired) electrons. The van der Waals surface area contributed by atoms with E-state index in [2.05, 4.69) is 11.8 Å². The molecule has 4 nitrogen and oxygen atoms in total. The lowest BCUT2D eigenvalue weighted by atomic mass is 10.0. The number of rotatable bonds is 3. The number of benzene rings is 3. The van der Waals surface area contributed by atoms with Gasteiger partial charge in [-0.05, 0) is 48.0 Å². The third-order valence-electron chi connectivity index (χ3n) is 4.63. The second-order valence-electron chi connectivity index (χ2n) is 6.41. The van der Waals surface area contributed by atoms with Crippen LogP contribution in [0.1, 0.15) is 27.0 Å². The van der Waals surface area contributed by atoms with Crippen LogP contribution in [0.5, 0.6) is 0 Å². The van der Waals surface area contributed by atoms with Crippen LogP contribution in [0.3, 0.4) is 0 Å². The maximum absolute atomic E-state index is 11.5. The lowest BCUT2D eigenvalue weighted by Gasteiger charge is -2.28. The van der Waals surface area contributed by atoms with Crippen molar-refractivity contribution < 1.29 is 9.90 Å². The van der Waals surface area contributed by atoms with Gasteiger partial charge in [-0.25, -0.2) is 4.79 Å². The van der Waals surface area contributed by atoms with Crippen LogP contribution in [0.15, 0.2) is 84.6 Å². The molecule has 0 atom stereocenters. The first-order chi connectivity index (χ1) is 13.7. The van der Waals surface area contributed by atoms with Crippen molar-refractivity contribution >= 4 is 23.0 Å². The number of hydrogen-bond donors (Lipinski definition) is 1. The van der Waals surface area contributed by atoms with Crippen molar-refractivity contribution in [1.29, 1.82) is 5.26 Å². The molecule has 0 bridgehead atoms. The van der Waals surface area contributed by atoms with E-state index in [1.54, 1.807) is 24.3 Å². The Morgan fingerprint density at radius 1 is 1.04 bits per heavy atom. The molecule has 1 heterocycles. The fourth-order valence-electron chi connectivity index (χ4n) is 3.33. The van der Waals surface area contributed by atoms with Gasteiger partial charge in [0, 0.05) is 17.7 Å². The highest BCUT2D eigenvalue weighted by Gasteiger charge is 2.22. The van der Waals surface area contributed by atoms with Crippen molar-refractivity contribution in [2.75, 3.05) is 4.90 Å². The molecule has 0 aliphatic carbocycles. The molecule has 28 heavy (non-hydrogen) atoms. The molecule has 0 unspecified atom stereocenters. The van der Waals surface area contributed by atoms with Crippen molar-refractivity contribution in [2.45, 2.75) is 6.42 Å². The molecule has 1 aliphatic heterocycles. The minimum Gasteiger partial charge on any atom is -0.478 e. The highest BCUT2D eigenvalue weighted by molar-refractivity contribution is 5.93. The lowest BCUT2D eigenvalue weighted by molar-refractivity contribution is 0.0697. The largest absolute Gasteiger partial charge is 0.478 e. The van der Waals surface area contributed by atoms with Gasteiger partial charge in [0.25, 0.3) is 0 Å². The highest BCUT2D eigenvalue weighted by atomic mass is 16.4. The van der Waals surface area contributed by atoms with Gasteiger partial charge in [-0.1, -0.05) is 42.1 Å². The standard InChI is InChI=1S/C24H16N2O2/c25-16-17-12-13-23-19(14-17)8-5-11-22(18-6-2-1-3-7-18)26(23)21-10-4-9-20(15-21)24(27)28/h1-7,9-10,12-15H,8H2,(H,27,28). The number of carbonyl (C=O) groups is 1. The number of carboxylic acids is 1. The topological polar surface area (TPSA) is 64.3 Å². The molecule has 1 N–H and O–H groups in total. The molecule has 0 spiro atoms. The third-order valence-corrected chi connectivity index (χ3v) is 4.63. The minimum atomic E-state index is -0.975. The van der Waals surface area contributed by atoms with Gasteiger partial charge in [0.2, 0.25) is 0 Å². The van der Waals surface area contributed by atoms with E-state index in [4.69, 9.17) is 0 Å². The number of fused-ring (bicyclic) bond motifs is 1. The Morgan fingerprint density at radius 2 is 1.86 bits per heavy atom. The first kappa shape index (κ1) is 17.4. The van der Waals surface area contributed by atoms with Crippen LogP contribution in [0.4, 0.5) is 11.4 Å². The molecule has 1 aliphatic rings. The lowest BCUT2D eigenvalue weighted by Crippen LogP contribution is -2.16. The van der Waals surface area contributed by atoms with Crippen molar-refractivity contribution in [3.05, 3.63) is 107 Å². The number of hydrogen-bond acceptors (Lipinski definition) is 3. The Morgan fingerprint density at radius 3 is 2.61 bits per heavy atom. The van der Waals surface area contributed by atoms with Crippen molar-refractivity contribution in [2.24, 2.45) is 0 Å². The molecular weight excluding hydrogens is 348 g/mol. The quantitative estimate of drug-likeness (QED) is 0.653. The zero-order valence-corrected chi connectivity index (χ0v) is 15.0. The normalized spacial score (nSPS) is 12.5. The van der Waals surface area contributed by atoms with Gasteiger partial charge in [0.05, 0.1) is 28.6 Å². The van der Waals surface area contributed by atoms with E-state index >= 15 is 0 Å². The summed E-state index contributed by atoms with van der Waals surface area (Å²) in [6.07, 6.45) is 2.58. The Hall–Kier alpha value is -4.06. The molecule has 134 valence electrons. The Balaban J connectivity index is 1.96. The van der Waals surface area contributed by atoms with Crippen LogP contribution in [-0.2, 0) is 6.42 Å². The molecule has 3 aromatic carbocycles. The van der Waals surface area contributed by atoms with Crippen LogP contribution < -0.4 is 4.90 Å². The Kier molecular flexibility index (Phi) is 4.51. The molecule has 4 heteroatoms. The summed E-state index contributed by atoms with van der Waals surface area (Å²) in [5.41, 5.74) is 8.59. The predicted molar refractivity (Wildman–Crippen MR) is 108 cm³/mol. The van der Waals surface area contributed by atoms with Crippen LogP contribution in [-0.4, -0.2) is 11.1 Å². The molecule has 0 saturated carbocycles. The maximum atomic E-state index is 11.5. The maximum Gasteiger partial charge on any atom is 0.335 e. The molecule has 0 amide bonds. The molecule has 0 saturated heterocycles. The zero-order chi connectivity index (χ0) is 19.5. The summed E-state index contributed by atoms with van der Waals surface area (Å²) in [4.78, 5) is 13.5. The van der Waals surface area contributed by atoms with Crippen LogP contribution in [0.2, 0.25) is 0 Å². The number of nitriles is 1. The number of anilines is 2. The van der Waals surface area contributed by atoms with E-state index in [-0.39, 0.29) is 5.56 Å². The number of nitrogens with zero attached hydrogens (tertiary/aromatic N) is 2. The summed E-state index contributed by atoms with van der Waals surface area (Å²) >= 11 is 0. The van der Waals surface area contributed by atoms with E-state index in [9.17, 15) is 15.2 Å². The first-order valence-electron chi connectivity index (χ1n) is 8.84. The number of allylic oxidation sites excluding steroid dienone is 1. The summed E-state index contributed by atoms with van der Waals surface area (Å²) < 4.78 is 0. The smallest absolute Gasteiger partial charge is 0.335 e. The monoisotopic (exact) mass is 364 g/mol. The minimum absolute atomic E-state index is 0.216. The van der Waals surface area contributed by atoms with Gasteiger partial charge >= 0.3 is 5.97 Å². The number of carboxylic acid groups (broad SMARTS) is 1. The van der Waals surface area contributed by atoms with Crippen molar-refractivity contribution in [3.63, 3.8) is 0 Å².